The van der Waals surface area contributed by atoms with E-state index in [2.05, 4.69) is 13.8 Å². The van der Waals surface area contributed by atoms with Gasteiger partial charge >= 0.3 is 0 Å². The average molecular weight is 214 g/mol. The zero-order chi connectivity index (χ0) is 9.68. The van der Waals surface area contributed by atoms with Crippen LogP contribution in [0.2, 0.25) is 0 Å². The molecule has 0 aliphatic carbocycles. The van der Waals surface area contributed by atoms with Gasteiger partial charge < -0.3 is 0 Å². The highest BCUT2D eigenvalue weighted by atomic mass is 32.2. The van der Waals surface area contributed by atoms with E-state index in [1.54, 1.807) is 0 Å². The molecule has 0 amide bonds. The Hall–Kier alpha value is -0.280. The molecule has 0 spiro atoms. The first-order valence-electron chi connectivity index (χ1n) is 4.38. The van der Waals surface area contributed by atoms with Crippen LogP contribution in [0.1, 0.15) is 29.9 Å². The lowest BCUT2D eigenvalue weighted by Crippen LogP contribution is -1.99. The second-order valence-corrected chi connectivity index (χ2v) is 5.70. The van der Waals surface area contributed by atoms with Crippen LogP contribution in [-0.2, 0) is 0 Å². The minimum Gasteiger partial charge on any atom is -0.293 e. The van der Waals surface area contributed by atoms with Gasteiger partial charge in [0.1, 0.15) is 0 Å². The first kappa shape index (κ1) is 10.8. The summed E-state index contributed by atoms with van der Waals surface area (Å²) in [6.07, 6.45) is 0.670. The van der Waals surface area contributed by atoms with Crippen LogP contribution in [0.15, 0.2) is 17.5 Å². The van der Waals surface area contributed by atoms with Crippen molar-refractivity contribution in [2.45, 2.75) is 25.5 Å². The van der Waals surface area contributed by atoms with Gasteiger partial charge in [0.05, 0.1) is 4.88 Å². The van der Waals surface area contributed by atoms with E-state index >= 15 is 0 Å². The van der Waals surface area contributed by atoms with Crippen LogP contribution in [-0.4, -0.2) is 16.8 Å². The molecule has 1 nitrogen and oxygen atoms in total. The van der Waals surface area contributed by atoms with Gasteiger partial charge in [-0.05, 0) is 16.7 Å². The fourth-order valence-electron chi connectivity index (χ4n) is 0.948. The van der Waals surface area contributed by atoms with Crippen molar-refractivity contribution in [1.82, 2.24) is 0 Å². The molecule has 0 aromatic carbocycles. The molecule has 1 heterocycles. The zero-order valence-electron chi connectivity index (χ0n) is 7.95. The number of hydrogen-bond donors (Lipinski definition) is 0. The maximum atomic E-state index is 11.5. The van der Waals surface area contributed by atoms with E-state index in [0.717, 1.165) is 10.6 Å². The topological polar surface area (TPSA) is 17.1 Å². The quantitative estimate of drug-likeness (QED) is 0.698. The molecular weight excluding hydrogens is 200 g/mol. The predicted molar refractivity (Wildman–Crippen MR) is 60.9 cm³/mol. The highest BCUT2D eigenvalue weighted by molar-refractivity contribution is 7.99. The summed E-state index contributed by atoms with van der Waals surface area (Å²) in [5.41, 5.74) is 0. The summed E-state index contributed by atoms with van der Waals surface area (Å²) in [6, 6.07) is 3.82. The molecule has 0 aliphatic heterocycles. The first-order chi connectivity index (χ1) is 6.20. The van der Waals surface area contributed by atoms with E-state index < -0.39 is 0 Å². The number of rotatable bonds is 5. The molecule has 1 aromatic rings. The molecule has 0 unspecified atom stereocenters. The lowest BCUT2D eigenvalue weighted by Gasteiger charge is -2.02. The van der Waals surface area contributed by atoms with Crippen molar-refractivity contribution >= 4 is 28.9 Å². The third-order valence-corrected chi connectivity index (χ3v) is 3.59. The van der Waals surface area contributed by atoms with E-state index in [9.17, 15) is 4.79 Å². The molecule has 0 saturated heterocycles. The standard InChI is InChI=1S/C10H14OS2/c1-8(2)12-7-5-9(11)10-4-3-6-13-10/h3-4,6,8H,5,7H2,1-2H3. The van der Waals surface area contributed by atoms with Crippen LogP contribution in [0.4, 0.5) is 0 Å². The predicted octanol–water partition coefficient (Wildman–Crippen LogP) is 3.46. The largest absolute Gasteiger partial charge is 0.293 e. The average Bonchev–Trinajstić information content (AvgIpc) is 2.55. The van der Waals surface area contributed by atoms with Crippen molar-refractivity contribution in [3.63, 3.8) is 0 Å². The summed E-state index contributed by atoms with van der Waals surface area (Å²) in [5.74, 6) is 1.22. The Balaban J connectivity index is 2.27. The zero-order valence-corrected chi connectivity index (χ0v) is 9.58. The fraction of sp³-hybridized carbons (Fsp3) is 0.500. The molecule has 0 saturated carbocycles. The maximum absolute atomic E-state index is 11.5. The van der Waals surface area contributed by atoms with E-state index in [1.807, 2.05) is 29.3 Å². The Kier molecular flexibility index (Phi) is 4.53. The Morgan fingerprint density at radius 2 is 2.38 bits per heavy atom. The van der Waals surface area contributed by atoms with E-state index in [1.165, 1.54) is 11.3 Å². The van der Waals surface area contributed by atoms with Crippen molar-refractivity contribution < 1.29 is 4.79 Å². The molecule has 3 heteroatoms. The molecule has 0 fully saturated rings. The van der Waals surface area contributed by atoms with Gasteiger partial charge in [0.2, 0.25) is 0 Å². The van der Waals surface area contributed by atoms with Gasteiger partial charge in [-0.25, -0.2) is 0 Å². The Labute approximate surface area is 87.5 Å². The lowest BCUT2D eigenvalue weighted by atomic mass is 10.3. The van der Waals surface area contributed by atoms with Gasteiger partial charge in [0.15, 0.2) is 5.78 Å². The number of ketones is 1. The Bertz CT molecular complexity index is 252. The minimum atomic E-state index is 0.281. The van der Waals surface area contributed by atoms with Crippen molar-refractivity contribution in [3.8, 4) is 0 Å². The Morgan fingerprint density at radius 1 is 1.62 bits per heavy atom. The van der Waals surface area contributed by atoms with Gasteiger partial charge in [0, 0.05) is 12.2 Å². The highest BCUT2D eigenvalue weighted by Crippen LogP contribution is 2.15. The summed E-state index contributed by atoms with van der Waals surface area (Å²) in [5, 5.41) is 2.57. The van der Waals surface area contributed by atoms with Gasteiger partial charge in [-0.15, -0.1) is 11.3 Å². The number of carbonyl (C=O) groups is 1. The number of carbonyl (C=O) groups excluding carboxylic acids is 1. The van der Waals surface area contributed by atoms with Crippen LogP contribution in [0, 0.1) is 0 Å². The van der Waals surface area contributed by atoms with Crippen LogP contribution < -0.4 is 0 Å². The van der Waals surface area contributed by atoms with Crippen LogP contribution >= 0.6 is 23.1 Å². The molecule has 1 aromatic heterocycles. The summed E-state index contributed by atoms with van der Waals surface area (Å²) >= 11 is 3.37. The summed E-state index contributed by atoms with van der Waals surface area (Å²) in [7, 11) is 0. The summed E-state index contributed by atoms with van der Waals surface area (Å²) in [4.78, 5) is 12.4. The fourth-order valence-corrected chi connectivity index (χ4v) is 2.42. The van der Waals surface area contributed by atoms with Gasteiger partial charge in [-0.2, -0.15) is 11.8 Å². The van der Waals surface area contributed by atoms with Crippen LogP contribution in [0.3, 0.4) is 0 Å². The van der Waals surface area contributed by atoms with Crippen molar-refractivity contribution in [1.29, 1.82) is 0 Å². The van der Waals surface area contributed by atoms with Crippen molar-refractivity contribution in [2.24, 2.45) is 0 Å². The second-order valence-electron chi connectivity index (χ2n) is 3.07. The lowest BCUT2D eigenvalue weighted by molar-refractivity contribution is 0.0993. The van der Waals surface area contributed by atoms with Gasteiger partial charge in [-0.3, -0.25) is 4.79 Å². The third-order valence-electron chi connectivity index (χ3n) is 1.58. The molecule has 0 atom stereocenters. The number of thioether (sulfide) groups is 1. The SMILES string of the molecule is CC(C)SCCC(=O)c1cccs1. The van der Waals surface area contributed by atoms with Crippen LogP contribution in [0.25, 0.3) is 0 Å². The number of thiophene rings is 1. The molecule has 0 radical (unpaired) electrons. The molecule has 0 N–H and O–H groups in total. The smallest absolute Gasteiger partial charge is 0.173 e. The van der Waals surface area contributed by atoms with Crippen LogP contribution in [0.5, 0.6) is 0 Å². The summed E-state index contributed by atoms with van der Waals surface area (Å²) in [6.45, 7) is 4.31. The summed E-state index contributed by atoms with van der Waals surface area (Å²) < 4.78 is 0. The van der Waals surface area contributed by atoms with E-state index in [4.69, 9.17) is 0 Å². The molecular formula is C10H14OS2. The maximum Gasteiger partial charge on any atom is 0.173 e. The minimum absolute atomic E-state index is 0.281. The number of hydrogen-bond acceptors (Lipinski definition) is 3. The normalized spacial score (nSPS) is 10.7. The van der Waals surface area contributed by atoms with E-state index in [-0.39, 0.29) is 5.78 Å². The number of Topliss-reactive ketones (excluding diaryl/α,β-unsaturated/α-hetero) is 1. The molecule has 1 rings (SSSR count). The molecule has 0 aliphatic rings. The van der Waals surface area contributed by atoms with Gasteiger partial charge in [-0.1, -0.05) is 19.9 Å². The molecule has 13 heavy (non-hydrogen) atoms. The Morgan fingerprint density at radius 3 is 2.92 bits per heavy atom. The van der Waals surface area contributed by atoms with E-state index in [0.29, 0.717) is 11.7 Å². The highest BCUT2D eigenvalue weighted by Gasteiger charge is 2.06. The monoisotopic (exact) mass is 214 g/mol. The third kappa shape index (κ3) is 3.96. The van der Waals surface area contributed by atoms with Crippen molar-refractivity contribution in [3.05, 3.63) is 22.4 Å². The molecule has 72 valence electrons. The van der Waals surface area contributed by atoms with Gasteiger partial charge in [0.25, 0.3) is 0 Å². The second kappa shape index (κ2) is 5.45. The van der Waals surface area contributed by atoms with Crippen molar-refractivity contribution in [2.75, 3.05) is 5.75 Å². The first-order valence-corrected chi connectivity index (χ1v) is 6.31. The molecule has 0 bridgehead atoms.